The van der Waals surface area contributed by atoms with E-state index in [0.29, 0.717) is 29.5 Å². The van der Waals surface area contributed by atoms with E-state index in [-0.39, 0.29) is 11.5 Å². The van der Waals surface area contributed by atoms with Crippen LogP contribution in [0.1, 0.15) is 11.1 Å². The van der Waals surface area contributed by atoms with Gasteiger partial charge in [0.2, 0.25) is 0 Å². The highest BCUT2D eigenvalue weighted by Gasteiger charge is 2.33. The smallest absolute Gasteiger partial charge is 0.118 e. The van der Waals surface area contributed by atoms with Crippen molar-refractivity contribution >= 4 is 12.1 Å². The van der Waals surface area contributed by atoms with Crippen LogP contribution in [0.2, 0.25) is 0 Å². The van der Waals surface area contributed by atoms with Crippen LogP contribution in [0.4, 0.5) is 0 Å². The summed E-state index contributed by atoms with van der Waals surface area (Å²) in [5, 5.41) is 35.4. The third-order valence-electron chi connectivity index (χ3n) is 4.20. The van der Waals surface area contributed by atoms with Crippen LogP contribution in [0, 0.1) is 16.2 Å². The average molecular weight is 320 g/mol. The molecule has 4 N–H and O–H groups in total. The Kier molecular flexibility index (Phi) is 5.35. The number of nitrogens with one attached hydrogen (secondary N) is 2. The molecule has 0 atom stereocenters. The first-order valence-electron chi connectivity index (χ1n) is 7.54. The lowest BCUT2D eigenvalue weighted by Crippen LogP contribution is -2.28. The van der Waals surface area contributed by atoms with E-state index in [1.807, 2.05) is 12.1 Å². The molecule has 0 heterocycles. The Balaban J connectivity index is 2.54. The van der Waals surface area contributed by atoms with E-state index in [4.69, 9.17) is 10.8 Å². The normalized spacial score (nSPS) is 10.7. The van der Waals surface area contributed by atoms with Gasteiger partial charge >= 0.3 is 0 Å². The maximum Gasteiger partial charge on any atom is 0.118 e. The summed E-state index contributed by atoms with van der Waals surface area (Å²) in [5.41, 5.74) is 0.870. The van der Waals surface area contributed by atoms with Crippen LogP contribution in [0.5, 0.6) is 11.5 Å². The Bertz CT molecular complexity index is 757. The number of phenols is 2. The van der Waals surface area contributed by atoms with Crippen LogP contribution in [-0.4, -0.2) is 22.3 Å². The quantitative estimate of drug-likeness (QED) is 0.461. The second kappa shape index (κ2) is 7.44. The zero-order valence-electron chi connectivity index (χ0n) is 13.3. The van der Waals surface area contributed by atoms with Crippen molar-refractivity contribution in [2.24, 2.45) is 5.41 Å². The SMILES string of the molecule is C=CC(Cc1ccccc1O)(Cc1ccccc1O)C(=C=N)C=N. The average Bonchev–Trinajstić information content (AvgIpc) is 2.59. The van der Waals surface area contributed by atoms with Gasteiger partial charge in [0.15, 0.2) is 0 Å². The first kappa shape index (κ1) is 17.3. The number of allylic oxidation sites excluding steroid dienone is 2. The molecule has 2 rings (SSSR count). The molecule has 0 saturated carbocycles. The number of hydrogen-bond donors (Lipinski definition) is 4. The molecule has 0 amide bonds. The van der Waals surface area contributed by atoms with Crippen molar-refractivity contribution in [2.45, 2.75) is 12.8 Å². The van der Waals surface area contributed by atoms with Gasteiger partial charge < -0.3 is 15.6 Å². The minimum absolute atomic E-state index is 0.148. The lowest BCUT2D eigenvalue weighted by atomic mass is 9.71. The molecular formula is C20H20N2O2. The summed E-state index contributed by atoms with van der Waals surface area (Å²) in [6.07, 6.45) is 3.42. The molecule has 0 bridgehead atoms. The Morgan fingerprint density at radius 1 is 1.00 bits per heavy atom. The monoisotopic (exact) mass is 320 g/mol. The number of hydrogen-bond acceptors (Lipinski definition) is 4. The van der Waals surface area contributed by atoms with Gasteiger partial charge in [0.1, 0.15) is 11.5 Å². The van der Waals surface area contributed by atoms with Crippen LogP contribution in [0.25, 0.3) is 0 Å². The van der Waals surface area contributed by atoms with Gasteiger partial charge in [-0.05, 0) is 42.0 Å². The Hall–Kier alpha value is -3.10. The highest BCUT2D eigenvalue weighted by atomic mass is 16.3. The first-order valence-corrected chi connectivity index (χ1v) is 7.54. The molecule has 0 fully saturated rings. The Morgan fingerprint density at radius 3 is 1.79 bits per heavy atom. The molecule has 0 unspecified atom stereocenters. The summed E-state index contributed by atoms with van der Waals surface area (Å²) in [6, 6.07) is 13.9. The van der Waals surface area contributed by atoms with Crippen LogP contribution in [0.15, 0.2) is 66.8 Å². The van der Waals surface area contributed by atoms with Crippen LogP contribution in [0.3, 0.4) is 0 Å². The third-order valence-corrected chi connectivity index (χ3v) is 4.20. The summed E-state index contributed by atoms with van der Waals surface area (Å²) in [7, 11) is 0. The number of rotatable bonds is 7. The molecule has 4 heteroatoms. The summed E-state index contributed by atoms with van der Waals surface area (Å²) in [5.74, 6) is 2.61. The van der Waals surface area contributed by atoms with Crippen LogP contribution >= 0.6 is 0 Å². The zero-order chi connectivity index (χ0) is 17.6. The second-order valence-electron chi connectivity index (χ2n) is 5.65. The summed E-state index contributed by atoms with van der Waals surface area (Å²) < 4.78 is 0. The number of aromatic hydroxyl groups is 2. The van der Waals surface area contributed by atoms with Gasteiger partial charge in [0.05, 0.1) is 0 Å². The fraction of sp³-hybridized carbons (Fsp3) is 0.150. The van der Waals surface area contributed by atoms with E-state index in [2.05, 4.69) is 12.4 Å². The highest BCUT2D eigenvalue weighted by molar-refractivity contribution is 5.90. The summed E-state index contributed by atoms with van der Waals surface area (Å²) in [4.78, 5) is 0. The Morgan fingerprint density at radius 2 is 1.46 bits per heavy atom. The Labute approximate surface area is 141 Å². The summed E-state index contributed by atoms with van der Waals surface area (Å²) in [6.45, 7) is 3.89. The number of benzene rings is 2. The topological polar surface area (TPSA) is 88.2 Å². The van der Waals surface area contributed by atoms with Crippen molar-refractivity contribution in [2.75, 3.05) is 0 Å². The lowest BCUT2D eigenvalue weighted by Gasteiger charge is -2.31. The van der Waals surface area contributed by atoms with E-state index in [1.54, 1.807) is 42.5 Å². The fourth-order valence-corrected chi connectivity index (χ4v) is 2.81. The fourth-order valence-electron chi connectivity index (χ4n) is 2.81. The lowest BCUT2D eigenvalue weighted by molar-refractivity contribution is 0.422. The summed E-state index contributed by atoms with van der Waals surface area (Å²) >= 11 is 0. The van der Waals surface area contributed by atoms with Crippen LogP contribution < -0.4 is 0 Å². The molecular weight excluding hydrogens is 300 g/mol. The third kappa shape index (κ3) is 3.45. The molecule has 0 radical (unpaired) electrons. The van der Waals surface area contributed by atoms with E-state index < -0.39 is 5.41 Å². The van der Waals surface area contributed by atoms with Crippen molar-refractivity contribution < 1.29 is 10.2 Å². The molecule has 0 aliphatic carbocycles. The van der Waals surface area contributed by atoms with Gasteiger partial charge in [-0.25, -0.2) is 0 Å². The molecule has 0 aliphatic rings. The molecule has 0 saturated heterocycles. The largest absolute Gasteiger partial charge is 0.508 e. The highest BCUT2D eigenvalue weighted by Crippen LogP contribution is 2.38. The predicted octanol–water partition coefficient (Wildman–Crippen LogP) is 3.88. The van der Waals surface area contributed by atoms with Gasteiger partial charge in [0.25, 0.3) is 0 Å². The maximum absolute atomic E-state index is 10.1. The minimum Gasteiger partial charge on any atom is -0.508 e. The van der Waals surface area contributed by atoms with Crippen molar-refractivity contribution in [3.8, 4) is 11.5 Å². The first-order chi connectivity index (χ1) is 11.6. The molecule has 0 aliphatic heterocycles. The van der Waals surface area contributed by atoms with Gasteiger partial charge in [-0.1, -0.05) is 42.5 Å². The van der Waals surface area contributed by atoms with Gasteiger partial charge in [-0.2, -0.15) is 0 Å². The van der Waals surface area contributed by atoms with Gasteiger partial charge in [-0.3, -0.25) is 5.41 Å². The predicted molar refractivity (Wildman–Crippen MR) is 96.3 cm³/mol. The maximum atomic E-state index is 10.1. The van der Waals surface area contributed by atoms with E-state index in [0.717, 1.165) is 6.21 Å². The number of phenolic OH excluding ortho intramolecular Hbond substituents is 2. The number of para-hydroxylation sites is 2. The van der Waals surface area contributed by atoms with Gasteiger partial charge in [-0.15, -0.1) is 6.58 Å². The molecule has 4 nitrogen and oxygen atoms in total. The molecule has 0 aromatic heterocycles. The van der Waals surface area contributed by atoms with Crippen molar-refractivity contribution in [3.05, 3.63) is 77.9 Å². The van der Waals surface area contributed by atoms with Gasteiger partial charge in [0, 0.05) is 17.2 Å². The molecule has 122 valence electrons. The molecule has 2 aromatic carbocycles. The van der Waals surface area contributed by atoms with E-state index >= 15 is 0 Å². The van der Waals surface area contributed by atoms with E-state index in [1.165, 1.54) is 0 Å². The second-order valence-corrected chi connectivity index (χ2v) is 5.65. The minimum atomic E-state index is -0.832. The van der Waals surface area contributed by atoms with Crippen molar-refractivity contribution in [1.29, 1.82) is 10.8 Å². The van der Waals surface area contributed by atoms with Crippen molar-refractivity contribution in [3.63, 3.8) is 0 Å². The van der Waals surface area contributed by atoms with Crippen molar-refractivity contribution in [1.82, 2.24) is 0 Å². The van der Waals surface area contributed by atoms with E-state index in [9.17, 15) is 10.2 Å². The van der Waals surface area contributed by atoms with Crippen LogP contribution in [-0.2, 0) is 12.8 Å². The standard InChI is InChI=1S/C20H20N2O2/c1-2-20(17(13-21)14-22,11-15-7-3-5-9-18(15)23)12-16-8-4-6-10-19(16)24/h2-10,13,21-24H,1,11-12H2. The molecule has 0 spiro atoms. The molecule has 2 aromatic rings. The zero-order valence-corrected chi connectivity index (χ0v) is 13.3. The molecule has 24 heavy (non-hydrogen) atoms.